The molecule has 2 heterocycles. The lowest BCUT2D eigenvalue weighted by atomic mass is 10.1. The molecule has 1 aromatic heterocycles. The van der Waals surface area contributed by atoms with Crippen LogP contribution in [-0.4, -0.2) is 23.1 Å². The fraction of sp³-hybridized carbons (Fsp3) is 0. The molecule has 27 heavy (non-hydrogen) atoms. The van der Waals surface area contributed by atoms with E-state index in [1.165, 1.54) is 12.1 Å². The Morgan fingerprint density at radius 1 is 1.00 bits per heavy atom. The minimum atomic E-state index is -3.94. The number of para-hydroxylation sites is 3. The number of imidazole rings is 1. The number of ether oxygens (including phenoxy) is 1. The van der Waals surface area contributed by atoms with E-state index < -0.39 is 10.0 Å². The summed E-state index contributed by atoms with van der Waals surface area (Å²) in [5, 5.41) is 15.6. The number of nitrogens with two attached hydrogens (primary N) is 1. The molecule has 7 nitrogen and oxygen atoms in total. The summed E-state index contributed by atoms with van der Waals surface area (Å²) in [7, 11) is -3.94. The maximum Gasteiger partial charge on any atom is 0.238 e. The Morgan fingerprint density at radius 2 is 1.74 bits per heavy atom. The zero-order valence-electron chi connectivity index (χ0n) is 13.8. The van der Waals surface area contributed by atoms with Gasteiger partial charge in [-0.1, -0.05) is 24.3 Å². The topological polar surface area (TPSA) is 107 Å². The number of aromatic hydroxyl groups is 1. The van der Waals surface area contributed by atoms with Gasteiger partial charge in [-0.25, -0.2) is 18.5 Å². The van der Waals surface area contributed by atoms with Crippen LogP contribution in [0.3, 0.4) is 0 Å². The molecule has 1 aliphatic rings. The van der Waals surface area contributed by atoms with Crippen molar-refractivity contribution in [3.63, 3.8) is 0 Å². The second-order valence-electron chi connectivity index (χ2n) is 6.19. The Morgan fingerprint density at radius 3 is 2.52 bits per heavy atom. The molecule has 0 saturated heterocycles. The lowest BCUT2D eigenvalue weighted by Crippen LogP contribution is -2.13. The normalized spacial score (nSPS) is 12.6. The number of rotatable bonds is 2. The minimum Gasteiger partial charge on any atom is -0.507 e. The van der Waals surface area contributed by atoms with Crippen LogP contribution in [0.15, 0.2) is 65.6 Å². The summed E-state index contributed by atoms with van der Waals surface area (Å²) in [4.78, 5) is 4.51. The Bertz CT molecular complexity index is 1340. The fourth-order valence-corrected chi connectivity index (χ4v) is 3.86. The van der Waals surface area contributed by atoms with Gasteiger partial charge in [0.1, 0.15) is 17.1 Å². The quantitative estimate of drug-likeness (QED) is 0.490. The predicted molar refractivity (Wildman–Crippen MR) is 99.6 cm³/mol. The third kappa shape index (κ3) is 2.31. The first-order valence-electron chi connectivity index (χ1n) is 8.08. The summed E-state index contributed by atoms with van der Waals surface area (Å²) in [6.45, 7) is 0. The van der Waals surface area contributed by atoms with Crippen LogP contribution in [0, 0.1) is 0 Å². The molecule has 0 atom stereocenters. The summed E-state index contributed by atoms with van der Waals surface area (Å²) >= 11 is 0. The molecule has 5 rings (SSSR count). The molecule has 0 bridgehead atoms. The molecule has 0 saturated carbocycles. The Hall–Kier alpha value is -3.36. The van der Waals surface area contributed by atoms with Gasteiger partial charge in [0.05, 0.1) is 21.7 Å². The molecule has 0 fully saturated rings. The summed E-state index contributed by atoms with van der Waals surface area (Å²) in [6, 6.07) is 17.0. The van der Waals surface area contributed by atoms with E-state index in [1.807, 2.05) is 22.8 Å². The highest BCUT2D eigenvalue weighted by atomic mass is 32.2. The number of nitrogens with zero attached hydrogens (tertiary/aromatic N) is 2. The molecule has 3 N–H and O–H groups in total. The van der Waals surface area contributed by atoms with Gasteiger partial charge in [0.2, 0.25) is 10.0 Å². The molecule has 0 unspecified atom stereocenters. The number of aromatic nitrogens is 2. The van der Waals surface area contributed by atoms with Crippen LogP contribution in [0.5, 0.6) is 17.2 Å². The van der Waals surface area contributed by atoms with E-state index in [0.717, 1.165) is 5.69 Å². The largest absolute Gasteiger partial charge is 0.507 e. The van der Waals surface area contributed by atoms with Crippen molar-refractivity contribution in [1.29, 1.82) is 0 Å². The highest BCUT2D eigenvalue weighted by Gasteiger charge is 2.27. The van der Waals surface area contributed by atoms with Gasteiger partial charge >= 0.3 is 0 Å². The van der Waals surface area contributed by atoms with Crippen molar-refractivity contribution < 1.29 is 18.3 Å². The maximum atomic E-state index is 11.9. The van der Waals surface area contributed by atoms with Gasteiger partial charge in [0.25, 0.3) is 0 Å². The van der Waals surface area contributed by atoms with Crippen LogP contribution in [-0.2, 0) is 10.0 Å². The molecule has 8 heteroatoms. The Kier molecular flexibility index (Phi) is 3.13. The maximum absolute atomic E-state index is 11.9. The first-order valence-corrected chi connectivity index (χ1v) is 9.63. The number of fused-ring (bicyclic) bond motifs is 2. The van der Waals surface area contributed by atoms with E-state index in [9.17, 15) is 13.5 Å². The van der Waals surface area contributed by atoms with E-state index in [1.54, 1.807) is 30.3 Å². The van der Waals surface area contributed by atoms with Crippen molar-refractivity contribution in [2.45, 2.75) is 4.90 Å². The van der Waals surface area contributed by atoms with Crippen LogP contribution in [0.1, 0.15) is 0 Å². The lowest BCUT2D eigenvalue weighted by molar-refractivity contribution is 0.472. The molecule has 0 amide bonds. The molecule has 0 radical (unpaired) electrons. The van der Waals surface area contributed by atoms with Crippen LogP contribution in [0.25, 0.3) is 28.1 Å². The zero-order valence-corrected chi connectivity index (χ0v) is 14.6. The molecular weight excluding hydrogens is 366 g/mol. The fourth-order valence-electron chi connectivity index (χ4n) is 3.32. The van der Waals surface area contributed by atoms with E-state index in [4.69, 9.17) is 9.88 Å². The van der Waals surface area contributed by atoms with Crippen LogP contribution >= 0.6 is 0 Å². The van der Waals surface area contributed by atoms with Gasteiger partial charge in [0, 0.05) is 6.07 Å². The van der Waals surface area contributed by atoms with Gasteiger partial charge in [-0.15, -0.1) is 0 Å². The summed E-state index contributed by atoms with van der Waals surface area (Å²) < 4.78 is 31.5. The predicted octanol–water partition coefficient (Wildman–Crippen LogP) is 3.15. The second-order valence-corrected chi connectivity index (χ2v) is 7.75. The Labute approximate surface area is 154 Å². The number of phenolic OH excluding ortho intramolecular Hbond substituents is 1. The van der Waals surface area contributed by atoms with Gasteiger partial charge in [-0.3, -0.25) is 4.57 Å². The molecule has 3 aromatic carbocycles. The number of primary sulfonamides is 1. The zero-order chi connectivity index (χ0) is 18.8. The number of hydrogen-bond donors (Lipinski definition) is 2. The number of phenols is 1. The molecule has 0 aliphatic carbocycles. The van der Waals surface area contributed by atoms with Gasteiger partial charge in [0.15, 0.2) is 11.5 Å². The molecule has 134 valence electrons. The van der Waals surface area contributed by atoms with Crippen LogP contribution in [0.4, 0.5) is 0 Å². The lowest BCUT2D eigenvalue weighted by Gasteiger charge is -2.21. The third-order valence-corrected chi connectivity index (χ3v) is 5.38. The third-order valence-electron chi connectivity index (χ3n) is 4.49. The van der Waals surface area contributed by atoms with Crippen LogP contribution < -0.4 is 9.88 Å². The second kappa shape index (κ2) is 5.32. The standard InChI is InChI=1S/C19H13N3O4S/c20-27(24,25)11-9-13-18-17(10-11)26-16-8-4-2-6-14(16)22(18)19(21-13)12-5-1-3-7-15(12)23/h1-10,23H,(H2,20,24,25). The van der Waals surface area contributed by atoms with Crippen molar-refractivity contribution in [2.75, 3.05) is 0 Å². The van der Waals surface area contributed by atoms with E-state index in [-0.39, 0.29) is 10.6 Å². The molecule has 0 spiro atoms. The van der Waals surface area contributed by atoms with Gasteiger partial charge in [-0.2, -0.15) is 0 Å². The molecule has 1 aliphatic heterocycles. The highest BCUT2D eigenvalue weighted by Crippen LogP contribution is 2.45. The molecule has 4 aromatic rings. The monoisotopic (exact) mass is 379 g/mol. The smallest absolute Gasteiger partial charge is 0.238 e. The molecular formula is C19H13N3O4S. The van der Waals surface area contributed by atoms with E-state index in [2.05, 4.69) is 4.98 Å². The SMILES string of the molecule is NS(=O)(=O)c1cc2c3c(c1)nc(-c1ccccc1O)n3-c1ccccc1O2. The van der Waals surface area contributed by atoms with E-state index >= 15 is 0 Å². The summed E-state index contributed by atoms with van der Waals surface area (Å²) in [5.41, 5.74) is 2.28. The van der Waals surface area contributed by atoms with Crippen molar-refractivity contribution in [2.24, 2.45) is 5.14 Å². The first-order chi connectivity index (χ1) is 12.9. The van der Waals surface area contributed by atoms with Crippen molar-refractivity contribution in [1.82, 2.24) is 9.55 Å². The number of sulfonamides is 1. The Balaban J connectivity index is 1.95. The summed E-state index contributed by atoms with van der Waals surface area (Å²) in [5.74, 6) is 1.44. The van der Waals surface area contributed by atoms with Crippen molar-refractivity contribution in [3.05, 3.63) is 60.7 Å². The van der Waals surface area contributed by atoms with Gasteiger partial charge < -0.3 is 9.84 Å². The first kappa shape index (κ1) is 15.9. The summed E-state index contributed by atoms with van der Waals surface area (Å²) in [6.07, 6.45) is 0. The van der Waals surface area contributed by atoms with Crippen molar-refractivity contribution in [3.8, 4) is 34.3 Å². The highest BCUT2D eigenvalue weighted by molar-refractivity contribution is 7.89. The van der Waals surface area contributed by atoms with Crippen molar-refractivity contribution >= 4 is 21.1 Å². The number of hydrogen-bond acceptors (Lipinski definition) is 5. The van der Waals surface area contributed by atoms with Crippen LogP contribution in [0.2, 0.25) is 0 Å². The van der Waals surface area contributed by atoms with Gasteiger partial charge in [-0.05, 0) is 30.3 Å². The van der Waals surface area contributed by atoms with E-state index in [0.29, 0.717) is 33.9 Å². The average Bonchev–Trinajstić information content (AvgIpc) is 3.02. The minimum absolute atomic E-state index is 0.0706. The average molecular weight is 379 g/mol. The number of benzene rings is 3.